The van der Waals surface area contributed by atoms with Crippen molar-refractivity contribution in [2.24, 2.45) is 5.92 Å². The van der Waals surface area contributed by atoms with Gasteiger partial charge in [0.1, 0.15) is 0 Å². The quantitative estimate of drug-likeness (QED) is 0.862. The number of rotatable bonds is 3. The maximum atomic E-state index is 11.7. The number of carbonyl (C=O) groups excluding carboxylic acids is 1. The van der Waals surface area contributed by atoms with Gasteiger partial charge in [-0.05, 0) is 40.8 Å². The number of hydrogen-bond acceptors (Lipinski definition) is 2. The average Bonchev–Trinajstić information content (AvgIpc) is 2.56. The minimum absolute atomic E-state index is 0.134. The first-order valence-electron chi connectivity index (χ1n) is 4.80. The average molecular weight is 337 g/mol. The SMILES string of the molecule is O=C(NC1CC(CBr)C1)c1occc1Br. The predicted molar refractivity (Wildman–Crippen MR) is 64.2 cm³/mol. The van der Waals surface area contributed by atoms with Crippen molar-refractivity contribution in [1.82, 2.24) is 5.32 Å². The van der Waals surface area contributed by atoms with Crippen LogP contribution in [0.4, 0.5) is 0 Å². The Balaban J connectivity index is 1.87. The fourth-order valence-corrected chi connectivity index (χ4v) is 2.60. The van der Waals surface area contributed by atoms with Crippen LogP contribution in [0.3, 0.4) is 0 Å². The summed E-state index contributed by atoms with van der Waals surface area (Å²) in [7, 11) is 0. The van der Waals surface area contributed by atoms with E-state index in [0.29, 0.717) is 22.2 Å². The van der Waals surface area contributed by atoms with Gasteiger partial charge in [-0.25, -0.2) is 0 Å². The van der Waals surface area contributed by atoms with E-state index in [1.807, 2.05) is 0 Å². The molecule has 1 fully saturated rings. The minimum Gasteiger partial charge on any atom is -0.458 e. The first kappa shape index (κ1) is 11.2. The lowest BCUT2D eigenvalue weighted by molar-refractivity contribution is 0.0868. The van der Waals surface area contributed by atoms with Gasteiger partial charge < -0.3 is 9.73 Å². The topological polar surface area (TPSA) is 42.2 Å². The standard InChI is InChI=1S/C10H11Br2NO2/c11-5-6-3-7(4-6)13-10(14)9-8(12)1-2-15-9/h1-2,6-7H,3-5H2,(H,13,14). The third kappa shape index (κ3) is 2.45. The highest BCUT2D eigenvalue weighted by Crippen LogP contribution is 2.29. The van der Waals surface area contributed by atoms with Crippen LogP contribution in [0.2, 0.25) is 0 Å². The zero-order chi connectivity index (χ0) is 10.8. The highest BCUT2D eigenvalue weighted by Gasteiger charge is 2.30. The summed E-state index contributed by atoms with van der Waals surface area (Å²) < 4.78 is 5.79. The van der Waals surface area contributed by atoms with Crippen molar-refractivity contribution in [3.63, 3.8) is 0 Å². The smallest absolute Gasteiger partial charge is 0.288 e. The van der Waals surface area contributed by atoms with Crippen LogP contribution in [0.5, 0.6) is 0 Å². The van der Waals surface area contributed by atoms with Crippen LogP contribution in [-0.2, 0) is 0 Å². The highest BCUT2D eigenvalue weighted by molar-refractivity contribution is 9.10. The lowest BCUT2D eigenvalue weighted by Gasteiger charge is -2.34. The van der Waals surface area contributed by atoms with Crippen LogP contribution in [0, 0.1) is 5.92 Å². The first-order valence-corrected chi connectivity index (χ1v) is 6.72. The van der Waals surface area contributed by atoms with E-state index in [9.17, 15) is 4.79 Å². The summed E-state index contributed by atoms with van der Waals surface area (Å²) in [6, 6.07) is 2.02. The van der Waals surface area contributed by atoms with Crippen LogP contribution in [0.15, 0.2) is 21.2 Å². The van der Waals surface area contributed by atoms with Crippen molar-refractivity contribution in [2.45, 2.75) is 18.9 Å². The van der Waals surface area contributed by atoms with Gasteiger partial charge in [0, 0.05) is 11.4 Å². The molecule has 1 aliphatic carbocycles. The van der Waals surface area contributed by atoms with Crippen molar-refractivity contribution in [3.05, 3.63) is 22.6 Å². The number of nitrogens with one attached hydrogen (secondary N) is 1. The summed E-state index contributed by atoms with van der Waals surface area (Å²) in [5.41, 5.74) is 0. The molecule has 0 spiro atoms. The molecule has 3 nitrogen and oxygen atoms in total. The van der Waals surface area contributed by atoms with Gasteiger partial charge in [-0.2, -0.15) is 0 Å². The Morgan fingerprint density at radius 3 is 2.87 bits per heavy atom. The van der Waals surface area contributed by atoms with Crippen molar-refractivity contribution < 1.29 is 9.21 Å². The molecule has 5 heteroatoms. The van der Waals surface area contributed by atoms with E-state index < -0.39 is 0 Å². The zero-order valence-electron chi connectivity index (χ0n) is 8.00. The van der Waals surface area contributed by atoms with Gasteiger partial charge in [0.2, 0.25) is 5.76 Å². The molecule has 0 aromatic carbocycles. The molecule has 0 saturated heterocycles. The second kappa shape index (κ2) is 4.70. The van der Waals surface area contributed by atoms with Gasteiger partial charge >= 0.3 is 0 Å². The molecule has 1 aromatic heterocycles. The van der Waals surface area contributed by atoms with Gasteiger partial charge in [0.05, 0.1) is 10.7 Å². The number of amides is 1. The van der Waals surface area contributed by atoms with E-state index in [1.54, 1.807) is 6.07 Å². The van der Waals surface area contributed by atoms with Gasteiger partial charge in [0.25, 0.3) is 5.91 Å². The van der Waals surface area contributed by atoms with Crippen LogP contribution < -0.4 is 5.32 Å². The fraction of sp³-hybridized carbons (Fsp3) is 0.500. The molecule has 0 unspecified atom stereocenters. The normalized spacial score (nSPS) is 24.7. The molecule has 1 N–H and O–H groups in total. The van der Waals surface area contributed by atoms with E-state index in [2.05, 4.69) is 37.2 Å². The predicted octanol–water partition coefficient (Wildman–Crippen LogP) is 2.95. The van der Waals surface area contributed by atoms with Crippen molar-refractivity contribution >= 4 is 37.8 Å². The van der Waals surface area contributed by atoms with E-state index in [4.69, 9.17) is 4.42 Å². The molecule has 1 aliphatic rings. The Hall–Kier alpha value is -0.290. The van der Waals surface area contributed by atoms with E-state index in [-0.39, 0.29) is 5.91 Å². The number of halogens is 2. The Morgan fingerprint density at radius 1 is 1.60 bits per heavy atom. The molecule has 15 heavy (non-hydrogen) atoms. The van der Waals surface area contributed by atoms with Crippen molar-refractivity contribution in [2.75, 3.05) is 5.33 Å². The maximum Gasteiger partial charge on any atom is 0.288 e. The maximum absolute atomic E-state index is 11.7. The molecule has 1 saturated carbocycles. The molecular weight excluding hydrogens is 326 g/mol. The Morgan fingerprint density at radius 2 is 2.33 bits per heavy atom. The molecule has 0 aliphatic heterocycles. The van der Waals surface area contributed by atoms with Crippen LogP contribution in [0.25, 0.3) is 0 Å². The summed E-state index contributed by atoms with van der Waals surface area (Å²) in [5.74, 6) is 0.928. The second-order valence-electron chi connectivity index (χ2n) is 3.76. The minimum atomic E-state index is -0.134. The molecule has 0 atom stereocenters. The molecule has 2 rings (SSSR count). The zero-order valence-corrected chi connectivity index (χ0v) is 11.2. The Labute approximate surface area is 105 Å². The number of carbonyl (C=O) groups is 1. The van der Waals surface area contributed by atoms with Crippen LogP contribution in [-0.4, -0.2) is 17.3 Å². The number of alkyl halides is 1. The summed E-state index contributed by atoms with van der Waals surface area (Å²) in [4.78, 5) is 11.7. The molecular formula is C10H11Br2NO2. The summed E-state index contributed by atoms with van der Waals surface area (Å²) in [6.45, 7) is 0. The van der Waals surface area contributed by atoms with Crippen LogP contribution >= 0.6 is 31.9 Å². The number of furan rings is 1. The van der Waals surface area contributed by atoms with E-state index in [0.717, 1.165) is 18.2 Å². The second-order valence-corrected chi connectivity index (χ2v) is 5.26. The van der Waals surface area contributed by atoms with Gasteiger partial charge in [0.15, 0.2) is 0 Å². The largest absolute Gasteiger partial charge is 0.458 e. The lowest BCUT2D eigenvalue weighted by Crippen LogP contribution is -2.44. The third-order valence-corrected chi connectivity index (χ3v) is 4.15. The van der Waals surface area contributed by atoms with E-state index in [1.165, 1.54) is 6.26 Å². The van der Waals surface area contributed by atoms with Crippen LogP contribution in [0.1, 0.15) is 23.4 Å². The van der Waals surface area contributed by atoms with Gasteiger partial charge in [-0.3, -0.25) is 4.79 Å². The first-order chi connectivity index (χ1) is 7.20. The Kier molecular flexibility index (Phi) is 3.51. The lowest BCUT2D eigenvalue weighted by atomic mass is 9.82. The fourth-order valence-electron chi connectivity index (χ4n) is 1.69. The molecule has 1 aromatic rings. The highest BCUT2D eigenvalue weighted by atomic mass is 79.9. The summed E-state index contributed by atoms with van der Waals surface area (Å²) in [5, 5.41) is 3.96. The molecule has 1 heterocycles. The van der Waals surface area contributed by atoms with Crippen molar-refractivity contribution in [3.8, 4) is 0 Å². The van der Waals surface area contributed by atoms with Gasteiger partial charge in [-0.15, -0.1) is 0 Å². The Bertz CT molecular complexity index is 358. The molecule has 0 bridgehead atoms. The molecule has 82 valence electrons. The monoisotopic (exact) mass is 335 g/mol. The summed E-state index contributed by atoms with van der Waals surface area (Å²) >= 11 is 6.69. The van der Waals surface area contributed by atoms with Gasteiger partial charge in [-0.1, -0.05) is 15.9 Å². The molecule has 0 radical (unpaired) electrons. The third-order valence-electron chi connectivity index (χ3n) is 2.61. The summed E-state index contributed by atoms with van der Waals surface area (Å²) in [6.07, 6.45) is 3.60. The molecule has 1 amide bonds. The number of hydrogen-bond donors (Lipinski definition) is 1. The van der Waals surface area contributed by atoms with Crippen molar-refractivity contribution in [1.29, 1.82) is 0 Å². The van der Waals surface area contributed by atoms with E-state index >= 15 is 0 Å².